The second-order valence-corrected chi connectivity index (χ2v) is 8.78. The molecule has 2 nitrogen and oxygen atoms in total. The molecule has 0 amide bonds. The Morgan fingerprint density at radius 3 is 2.00 bits per heavy atom. The van der Waals surface area contributed by atoms with E-state index in [9.17, 15) is 0 Å². The number of nitrogens with zero attached hydrogens (tertiary/aromatic N) is 2. The average Bonchev–Trinajstić information content (AvgIpc) is 2.31. The summed E-state index contributed by atoms with van der Waals surface area (Å²) in [6.45, 7) is 12.5. The van der Waals surface area contributed by atoms with Gasteiger partial charge in [-0.05, 0) is 18.1 Å². The maximum atomic E-state index is 4.60. The average molecular weight is 232 g/mol. The van der Waals surface area contributed by atoms with Crippen molar-refractivity contribution in [2.45, 2.75) is 23.8 Å². The summed E-state index contributed by atoms with van der Waals surface area (Å²) in [5.74, 6) is 0. The molecule has 86 valence electrons. The Morgan fingerprint density at radius 1 is 1.06 bits per heavy atom. The van der Waals surface area contributed by atoms with E-state index in [0.717, 1.165) is 24.7 Å². The van der Waals surface area contributed by atoms with Crippen molar-refractivity contribution in [3.63, 3.8) is 0 Å². The lowest BCUT2D eigenvalue weighted by Gasteiger charge is -2.34. The predicted molar refractivity (Wildman–Crippen MR) is 76.4 cm³/mol. The molecule has 1 aliphatic rings. The van der Waals surface area contributed by atoms with Gasteiger partial charge in [0.15, 0.2) is 0 Å². The second-order valence-electron chi connectivity index (χ2n) is 4.17. The Balaban J connectivity index is 2.92. The van der Waals surface area contributed by atoms with E-state index < -0.39 is 8.07 Å². The molecule has 1 unspecified atom stereocenters. The fourth-order valence-electron chi connectivity index (χ4n) is 2.27. The van der Waals surface area contributed by atoms with Crippen molar-refractivity contribution in [3.05, 3.63) is 38.0 Å². The van der Waals surface area contributed by atoms with Crippen LogP contribution >= 0.6 is 0 Å². The van der Waals surface area contributed by atoms with Crippen LogP contribution in [0.3, 0.4) is 0 Å². The number of hydrogen-bond acceptors (Lipinski definition) is 2. The molecule has 0 aromatic rings. The van der Waals surface area contributed by atoms with Gasteiger partial charge < -0.3 is 0 Å². The first-order chi connectivity index (χ1) is 7.79. The van der Waals surface area contributed by atoms with Crippen LogP contribution in [0.25, 0.3) is 0 Å². The highest BCUT2D eigenvalue weighted by Gasteiger charge is 2.38. The van der Waals surface area contributed by atoms with Crippen molar-refractivity contribution in [3.8, 4) is 0 Å². The van der Waals surface area contributed by atoms with Crippen LogP contribution in [0.4, 0.5) is 0 Å². The van der Waals surface area contributed by atoms with E-state index in [4.69, 9.17) is 0 Å². The maximum Gasteiger partial charge on any atom is 0.0957 e. The summed E-state index contributed by atoms with van der Waals surface area (Å²) in [6, 6.07) is 3.17. The van der Waals surface area contributed by atoms with Gasteiger partial charge in [-0.1, -0.05) is 18.2 Å². The highest BCUT2D eigenvalue weighted by Crippen LogP contribution is 2.29. The Hall–Kier alpha value is -1.22. The third-order valence-electron chi connectivity index (χ3n) is 3.08. The summed E-state index contributed by atoms with van der Waals surface area (Å²) in [5.41, 5.74) is 0.353. The normalized spacial score (nSPS) is 19.4. The number of hydrogen-bond donors (Lipinski definition) is 0. The largest absolute Gasteiger partial charge is 0.290 e. The lowest BCUT2D eigenvalue weighted by atomic mass is 10.5. The van der Waals surface area contributed by atoms with Crippen LogP contribution in [0.2, 0.25) is 18.1 Å². The smallest absolute Gasteiger partial charge is 0.0957 e. The van der Waals surface area contributed by atoms with Crippen molar-refractivity contribution >= 4 is 20.5 Å². The van der Waals surface area contributed by atoms with Crippen molar-refractivity contribution in [2.24, 2.45) is 9.98 Å². The van der Waals surface area contributed by atoms with Gasteiger partial charge in [-0.2, -0.15) is 0 Å². The van der Waals surface area contributed by atoms with Gasteiger partial charge in [0.05, 0.1) is 20.3 Å². The molecule has 0 bridgehead atoms. The molecule has 0 saturated heterocycles. The lowest BCUT2D eigenvalue weighted by molar-refractivity contribution is 0.847. The monoisotopic (exact) mass is 232 g/mol. The number of rotatable bonds is 7. The molecule has 0 aromatic carbocycles. The summed E-state index contributed by atoms with van der Waals surface area (Å²) in [4.78, 5) is 8.93. The van der Waals surface area contributed by atoms with E-state index in [1.807, 2.05) is 24.4 Å². The summed E-state index contributed by atoms with van der Waals surface area (Å²) in [6.07, 6.45) is 9.67. The van der Waals surface area contributed by atoms with Crippen LogP contribution in [0, 0.1) is 0 Å². The first kappa shape index (κ1) is 12.8. The van der Waals surface area contributed by atoms with Crippen LogP contribution in [0.5, 0.6) is 0 Å². The fraction of sp³-hybridized carbons (Fsp3) is 0.385. The molecule has 16 heavy (non-hydrogen) atoms. The quantitative estimate of drug-likeness (QED) is 0.476. The molecule has 1 aliphatic heterocycles. The minimum absolute atomic E-state index is 0.353. The zero-order valence-corrected chi connectivity index (χ0v) is 10.8. The van der Waals surface area contributed by atoms with Gasteiger partial charge in [-0.25, -0.2) is 0 Å². The molecule has 0 aromatic heterocycles. The summed E-state index contributed by atoms with van der Waals surface area (Å²) in [5, 5.41) is 0. The summed E-state index contributed by atoms with van der Waals surface area (Å²) in [7, 11) is -1.56. The van der Waals surface area contributed by atoms with Gasteiger partial charge in [-0.3, -0.25) is 9.98 Å². The van der Waals surface area contributed by atoms with Crippen molar-refractivity contribution in [2.75, 3.05) is 6.54 Å². The molecular formula is C13H20N2Si. The topological polar surface area (TPSA) is 24.7 Å². The third-order valence-corrected chi connectivity index (χ3v) is 8.13. The van der Waals surface area contributed by atoms with Gasteiger partial charge in [0, 0.05) is 12.4 Å². The fourth-order valence-corrected chi connectivity index (χ4v) is 6.21. The molecule has 0 spiro atoms. The maximum absolute atomic E-state index is 4.60. The van der Waals surface area contributed by atoms with E-state index in [1.54, 1.807) is 6.21 Å². The zero-order chi connectivity index (χ0) is 11.9. The highest BCUT2D eigenvalue weighted by atomic mass is 28.3. The van der Waals surface area contributed by atoms with Gasteiger partial charge in [-0.15, -0.1) is 19.7 Å². The molecular weight excluding hydrogens is 212 g/mol. The van der Waals surface area contributed by atoms with Crippen LogP contribution in [-0.2, 0) is 0 Å². The van der Waals surface area contributed by atoms with E-state index in [-0.39, 0.29) is 0 Å². The first-order valence-electron chi connectivity index (χ1n) is 5.63. The van der Waals surface area contributed by atoms with Gasteiger partial charge in [0.2, 0.25) is 0 Å². The molecule has 3 heteroatoms. The molecule has 1 rings (SSSR count). The van der Waals surface area contributed by atoms with Crippen molar-refractivity contribution < 1.29 is 0 Å². The van der Waals surface area contributed by atoms with Crippen molar-refractivity contribution in [1.29, 1.82) is 0 Å². The van der Waals surface area contributed by atoms with E-state index in [0.29, 0.717) is 5.67 Å². The van der Waals surface area contributed by atoms with Crippen LogP contribution in [0.15, 0.2) is 47.9 Å². The third kappa shape index (κ3) is 2.89. The standard InChI is InChI=1S/C13H20N2Si/c1-4-9-16(10-5-2,11-6-3)13-12-14-7-8-15-13/h4-8,13H,1-3,9-12H2. The Morgan fingerprint density at radius 2 is 1.62 bits per heavy atom. The first-order valence-corrected chi connectivity index (χ1v) is 8.33. The molecule has 1 heterocycles. The lowest BCUT2D eigenvalue weighted by Crippen LogP contribution is -2.47. The molecule has 0 N–H and O–H groups in total. The molecule has 1 atom stereocenters. The highest BCUT2D eigenvalue weighted by molar-refractivity contribution is 6.82. The molecule has 0 radical (unpaired) electrons. The van der Waals surface area contributed by atoms with E-state index in [1.165, 1.54) is 0 Å². The molecule has 0 fully saturated rings. The Bertz CT molecular complexity index is 291. The summed E-state index contributed by atoms with van der Waals surface area (Å²) >= 11 is 0. The van der Waals surface area contributed by atoms with Crippen LogP contribution < -0.4 is 0 Å². The van der Waals surface area contributed by atoms with E-state index >= 15 is 0 Å². The second kappa shape index (κ2) is 6.38. The Labute approximate surface area is 99.2 Å². The van der Waals surface area contributed by atoms with Gasteiger partial charge in [0.25, 0.3) is 0 Å². The summed E-state index contributed by atoms with van der Waals surface area (Å²) < 4.78 is 0. The number of aliphatic imine (C=N–C) groups is 2. The minimum Gasteiger partial charge on any atom is -0.290 e. The van der Waals surface area contributed by atoms with Crippen molar-refractivity contribution in [1.82, 2.24) is 0 Å². The SMILES string of the molecule is C=CC[Si](CC=C)(CC=C)C1CN=CC=N1. The van der Waals surface area contributed by atoms with Gasteiger partial charge >= 0.3 is 0 Å². The Kier molecular flexibility index (Phi) is 5.12. The predicted octanol–water partition coefficient (Wildman–Crippen LogP) is 3.06. The van der Waals surface area contributed by atoms with Crippen LogP contribution in [0.1, 0.15) is 0 Å². The van der Waals surface area contributed by atoms with Gasteiger partial charge in [0.1, 0.15) is 0 Å². The zero-order valence-electron chi connectivity index (χ0n) is 9.81. The minimum atomic E-state index is -1.56. The number of allylic oxidation sites excluding steroid dienone is 3. The molecule has 0 aliphatic carbocycles. The molecule has 0 saturated carbocycles. The van der Waals surface area contributed by atoms with E-state index in [2.05, 4.69) is 29.7 Å². The van der Waals surface area contributed by atoms with Crippen LogP contribution in [-0.4, -0.2) is 32.7 Å².